The fraction of sp³-hybridized carbons (Fsp3) is 0.857. The molecule has 0 spiro atoms. The van der Waals surface area contributed by atoms with E-state index in [9.17, 15) is 9.59 Å². The second-order valence-electron chi connectivity index (χ2n) is 9.51. The quantitative estimate of drug-likeness (QED) is 0.584. The molecule has 5 nitrogen and oxygen atoms in total. The molecule has 0 radical (unpaired) electrons. The Bertz CT molecular complexity index is 651. The van der Waals surface area contributed by atoms with Gasteiger partial charge in [0.2, 0.25) is 0 Å². The number of hydrogen-bond donors (Lipinski definition) is 1. The van der Waals surface area contributed by atoms with Crippen molar-refractivity contribution in [2.45, 2.75) is 65.2 Å². The molecule has 0 aromatic rings. The van der Waals surface area contributed by atoms with Crippen LogP contribution in [0.5, 0.6) is 0 Å². The van der Waals surface area contributed by atoms with Crippen LogP contribution >= 0.6 is 12.4 Å². The van der Waals surface area contributed by atoms with Crippen LogP contribution in [0.4, 0.5) is 0 Å². The molecule has 4 rings (SSSR count). The largest absolute Gasteiger partial charge is 0.395 e. The summed E-state index contributed by atoms with van der Waals surface area (Å²) in [6, 6.07) is 0. The average Bonchev–Trinajstić information content (AvgIpc) is 2.92. The Labute approximate surface area is 168 Å². The molecule has 0 saturated heterocycles. The van der Waals surface area contributed by atoms with E-state index in [1.807, 2.05) is 0 Å². The van der Waals surface area contributed by atoms with Gasteiger partial charge in [-0.05, 0) is 61.7 Å². The van der Waals surface area contributed by atoms with Gasteiger partial charge >= 0.3 is 0 Å². The minimum Gasteiger partial charge on any atom is -0.395 e. The van der Waals surface area contributed by atoms with E-state index in [0.717, 1.165) is 44.2 Å². The third-order valence-electron chi connectivity index (χ3n) is 8.41. The number of fused-ring (bicyclic) bond motifs is 5. The van der Waals surface area contributed by atoms with Crippen LogP contribution in [0, 0.1) is 34.5 Å². The van der Waals surface area contributed by atoms with Crippen LogP contribution < -0.4 is 5.73 Å². The van der Waals surface area contributed by atoms with Crippen molar-refractivity contribution in [3.8, 4) is 0 Å². The Hall–Kier alpha value is -0.940. The summed E-state index contributed by atoms with van der Waals surface area (Å²) in [6.07, 6.45) is 7.13. The first-order valence-electron chi connectivity index (χ1n) is 10.3. The summed E-state index contributed by atoms with van der Waals surface area (Å²) in [7, 11) is 0. The zero-order valence-electron chi connectivity index (χ0n) is 16.5. The fourth-order valence-corrected chi connectivity index (χ4v) is 6.89. The molecule has 4 fully saturated rings. The lowest BCUT2D eigenvalue weighted by atomic mass is 9.45. The van der Waals surface area contributed by atoms with Crippen molar-refractivity contribution in [3.63, 3.8) is 0 Å². The van der Waals surface area contributed by atoms with Gasteiger partial charge in [0.25, 0.3) is 0 Å². The zero-order valence-corrected chi connectivity index (χ0v) is 17.4. The van der Waals surface area contributed by atoms with E-state index in [2.05, 4.69) is 19.0 Å². The Balaban J connectivity index is 0.00000210. The van der Waals surface area contributed by atoms with Crippen molar-refractivity contribution in [1.29, 1.82) is 0 Å². The number of Topliss-reactive ketones (excluding diaryl/α,β-unsaturated/α-hetero) is 2. The monoisotopic (exact) mass is 396 g/mol. The summed E-state index contributed by atoms with van der Waals surface area (Å²) in [5, 5.41) is 4.25. The van der Waals surface area contributed by atoms with Crippen LogP contribution in [-0.2, 0) is 14.4 Å². The number of hydrogen-bond acceptors (Lipinski definition) is 5. The SMILES string of the molecule is C[C@]12CCC(=NOCCN)C[C@@H]1C(=O)C[C@@H]1[C@@H]2CC[C@]2(C)C(=O)CC[C@@H]12.Cl. The van der Waals surface area contributed by atoms with Crippen LogP contribution in [0.1, 0.15) is 65.2 Å². The first-order chi connectivity index (χ1) is 12.4. The summed E-state index contributed by atoms with van der Waals surface area (Å²) >= 11 is 0. The van der Waals surface area contributed by atoms with Crippen LogP contribution in [0.2, 0.25) is 0 Å². The van der Waals surface area contributed by atoms with Crippen LogP contribution in [0.3, 0.4) is 0 Å². The molecule has 27 heavy (non-hydrogen) atoms. The summed E-state index contributed by atoms with van der Waals surface area (Å²) < 4.78 is 0. The molecule has 0 aromatic heterocycles. The second kappa shape index (κ2) is 7.47. The molecule has 2 N–H and O–H groups in total. The molecule has 6 heteroatoms. The number of nitrogens with two attached hydrogens (primary N) is 1. The highest BCUT2D eigenvalue weighted by Gasteiger charge is 2.62. The molecule has 0 amide bonds. The topological polar surface area (TPSA) is 81.8 Å². The molecule has 0 aliphatic heterocycles. The average molecular weight is 397 g/mol. The van der Waals surface area contributed by atoms with Crippen LogP contribution in [-0.4, -0.2) is 30.4 Å². The van der Waals surface area contributed by atoms with Gasteiger partial charge in [0, 0.05) is 30.7 Å². The maximum absolute atomic E-state index is 13.1. The van der Waals surface area contributed by atoms with E-state index < -0.39 is 0 Å². The second-order valence-corrected chi connectivity index (χ2v) is 9.51. The van der Waals surface area contributed by atoms with Gasteiger partial charge in [-0.2, -0.15) is 0 Å². The molecule has 4 saturated carbocycles. The summed E-state index contributed by atoms with van der Waals surface area (Å²) in [5.74, 6) is 2.29. The predicted octanol–water partition coefficient (Wildman–Crippen LogP) is 3.53. The van der Waals surface area contributed by atoms with Crippen LogP contribution in [0.25, 0.3) is 0 Å². The highest BCUT2D eigenvalue weighted by Crippen LogP contribution is 2.64. The highest BCUT2D eigenvalue weighted by atomic mass is 35.5. The summed E-state index contributed by atoms with van der Waals surface area (Å²) in [5.41, 5.74) is 6.37. The zero-order chi connectivity index (χ0) is 18.5. The summed E-state index contributed by atoms with van der Waals surface area (Å²) in [4.78, 5) is 30.9. The van der Waals surface area contributed by atoms with Gasteiger partial charge in [-0.15, -0.1) is 12.4 Å². The van der Waals surface area contributed by atoms with Crippen LogP contribution in [0.15, 0.2) is 5.16 Å². The van der Waals surface area contributed by atoms with Gasteiger partial charge in [-0.1, -0.05) is 19.0 Å². The van der Waals surface area contributed by atoms with E-state index >= 15 is 0 Å². The number of carbonyl (C=O) groups excluding carboxylic acids is 2. The van der Waals surface area contributed by atoms with Gasteiger partial charge in [-0.25, -0.2) is 0 Å². The van der Waals surface area contributed by atoms with Crippen molar-refractivity contribution in [2.24, 2.45) is 45.4 Å². The number of nitrogens with zero attached hydrogens (tertiary/aromatic N) is 1. The van der Waals surface area contributed by atoms with Gasteiger partial charge in [0.05, 0.1) is 5.71 Å². The maximum atomic E-state index is 13.1. The third-order valence-corrected chi connectivity index (χ3v) is 8.41. The van der Waals surface area contributed by atoms with Gasteiger partial charge in [0.15, 0.2) is 0 Å². The van der Waals surface area contributed by atoms with Crippen molar-refractivity contribution < 1.29 is 14.4 Å². The Morgan fingerprint density at radius 3 is 2.63 bits per heavy atom. The van der Waals surface area contributed by atoms with Gasteiger partial charge in [-0.3, -0.25) is 9.59 Å². The van der Waals surface area contributed by atoms with Crippen molar-refractivity contribution in [3.05, 3.63) is 0 Å². The first kappa shape index (κ1) is 20.8. The lowest BCUT2D eigenvalue weighted by Gasteiger charge is -2.58. The molecular weight excluding hydrogens is 364 g/mol. The Morgan fingerprint density at radius 2 is 1.89 bits per heavy atom. The van der Waals surface area contributed by atoms with Gasteiger partial charge in [0.1, 0.15) is 18.2 Å². The molecular formula is C21H33ClN2O3. The summed E-state index contributed by atoms with van der Waals surface area (Å²) in [6.45, 7) is 5.39. The molecule has 0 bridgehead atoms. The third kappa shape index (κ3) is 3.15. The molecule has 0 heterocycles. The van der Waals surface area contributed by atoms with E-state index in [4.69, 9.17) is 10.6 Å². The predicted molar refractivity (Wildman–Crippen MR) is 107 cm³/mol. The Morgan fingerprint density at radius 1 is 1.11 bits per heavy atom. The Kier molecular flexibility index (Phi) is 5.75. The number of carbonyl (C=O) groups is 2. The molecule has 152 valence electrons. The first-order valence-corrected chi connectivity index (χ1v) is 10.3. The molecule has 4 aliphatic rings. The van der Waals surface area contributed by atoms with E-state index in [1.54, 1.807) is 0 Å². The van der Waals surface area contributed by atoms with E-state index in [0.29, 0.717) is 55.3 Å². The molecule has 6 atom stereocenters. The van der Waals surface area contributed by atoms with Crippen molar-refractivity contribution in [1.82, 2.24) is 0 Å². The molecule has 0 aromatic carbocycles. The van der Waals surface area contributed by atoms with Gasteiger partial charge < -0.3 is 10.6 Å². The number of oxime groups is 1. The number of halogens is 1. The lowest BCUT2D eigenvalue weighted by Crippen LogP contribution is -2.56. The standard InChI is InChI=1S/C21H32N2O3.ClH/c1-20-7-5-13(23-26-10-9-22)11-17(20)18(24)12-14-15-3-4-19(25)21(15,2)8-6-16(14)20;/h14-17H,3-12,22H2,1-2H3;1H/t14-,15-,16-,17+,20+,21-;/m0./s1. The van der Waals surface area contributed by atoms with E-state index in [1.165, 1.54) is 0 Å². The van der Waals surface area contributed by atoms with Crippen molar-refractivity contribution in [2.75, 3.05) is 13.2 Å². The number of rotatable bonds is 3. The fourth-order valence-electron chi connectivity index (χ4n) is 6.89. The lowest BCUT2D eigenvalue weighted by molar-refractivity contribution is -0.152. The molecule has 4 aliphatic carbocycles. The highest BCUT2D eigenvalue weighted by molar-refractivity contribution is 5.93. The minimum absolute atomic E-state index is 0. The number of ketones is 2. The normalized spacial score (nSPS) is 44.9. The smallest absolute Gasteiger partial charge is 0.139 e. The van der Waals surface area contributed by atoms with Crippen molar-refractivity contribution >= 4 is 29.7 Å². The minimum atomic E-state index is -0.165. The maximum Gasteiger partial charge on any atom is 0.139 e. The van der Waals surface area contributed by atoms with E-state index in [-0.39, 0.29) is 29.2 Å². The molecule has 0 unspecified atom stereocenters.